The van der Waals surface area contributed by atoms with Crippen molar-refractivity contribution in [2.75, 3.05) is 11.5 Å². The summed E-state index contributed by atoms with van der Waals surface area (Å²) in [4.78, 5) is 10.2. The van der Waals surface area contributed by atoms with E-state index in [1.165, 1.54) is 0 Å². The smallest absolute Gasteiger partial charge is 0.332 e. The van der Waals surface area contributed by atoms with Gasteiger partial charge in [-0.3, -0.25) is 0 Å². The highest BCUT2D eigenvalue weighted by atomic mass is 32.2. The maximum atomic E-state index is 10.9. The van der Waals surface area contributed by atoms with Gasteiger partial charge in [0.15, 0.2) is 9.84 Å². The molecule has 0 unspecified atom stereocenters. The summed E-state index contributed by atoms with van der Waals surface area (Å²) in [6, 6.07) is -0.785. The molecule has 0 bridgehead atoms. The maximum absolute atomic E-state index is 10.9. The lowest BCUT2D eigenvalue weighted by atomic mass is 10.3. The molecule has 1 fully saturated rings. The summed E-state index contributed by atoms with van der Waals surface area (Å²) in [6.07, 6.45) is 0.378. The normalized spacial score (nSPS) is 24.2. The van der Waals surface area contributed by atoms with Crippen LogP contribution < -0.4 is 11.2 Å². The summed E-state index contributed by atoms with van der Waals surface area (Å²) in [5, 5.41) is 3.53. The van der Waals surface area contributed by atoms with Gasteiger partial charge in [0.1, 0.15) is 0 Å². The monoisotopic (exact) mass is 191 g/mol. The quantitative estimate of drug-likeness (QED) is 0.510. The fourth-order valence-corrected chi connectivity index (χ4v) is 2.30. The van der Waals surface area contributed by atoms with Crippen molar-refractivity contribution in [1.29, 1.82) is 0 Å². The first-order valence-electron chi connectivity index (χ1n) is 3.31. The van der Waals surface area contributed by atoms with Crippen LogP contribution in [0.15, 0.2) is 5.10 Å². The number of nitrogens with two attached hydrogens (primary N) is 1. The molecule has 0 saturated carbocycles. The van der Waals surface area contributed by atoms with E-state index in [1.54, 1.807) is 0 Å². The summed E-state index contributed by atoms with van der Waals surface area (Å²) in [5.41, 5.74) is 7.17. The predicted molar refractivity (Wildman–Crippen MR) is 43.4 cm³/mol. The second-order valence-corrected chi connectivity index (χ2v) is 4.68. The van der Waals surface area contributed by atoms with Gasteiger partial charge in [0.2, 0.25) is 0 Å². The van der Waals surface area contributed by atoms with E-state index in [2.05, 4.69) is 5.10 Å². The topological polar surface area (TPSA) is 102 Å². The Kier molecular flexibility index (Phi) is 2.32. The van der Waals surface area contributed by atoms with Crippen molar-refractivity contribution in [2.45, 2.75) is 6.42 Å². The van der Waals surface area contributed by atoms with Crippen molar-refractivity contribution in [1.82, 2.24) is 5.43 Å². The SMILES string of the molecule is NC(=O)N/N=C1/CCS(=O)(=O)C1. The van der Waals surface area contributed by atoms with E-state index >= 15 is 0 Å². The van der Waals surface area contributed by atoms with Crippen molar-refractivity contribution < 1.29 is 13.2 Å². The van der Waals surface area contributed by atoms with E-state index < -0.39 is 15.9 Å². The van der Waals surface area contributed by atoms with E-state index in [9.17, 15) is 13.2 Å². The Morgan fingerprint density at radius 3 is 2.67 bits per heavy atom. The molecule has 1 saturated heterocycles. The minimum atomic E-state index is -2.97. The van der Waals surface area contributed by atoms with Crippen LogP contribution in [0.5, 0.6) is 0 Å². The van der Waals surface area contributed by atoms with Gasteiger partial charge in [-0.25, -0.2) is 18.6 Å². The number of hydrogen-bond acceptors (Lipinski definition) is 4. The van der Waals surface area contributed by atoms with Gasteiger partial charge in [-0.05, 0) is 0 Å². The number of amides is 2. The Morgan fingerprint density at radius 2 is 2.25 bits per heavy atom. The average Bonchev–Trinajstić information content (AvgIpc) is 2.26. The fraction of sp³-hybridized carbons (Fsp3) is 0.600. The highest BCUT2D eigenvalue weighted by molar-refractivity contribution is 7.92. The molecule has 68 valence electrons. The lowest BCUT2D eigenvalue weighted by Crippen LogP contribution is -2.26. The molecule has 1 aliphatic heterocycles. The molecular weight excluding hydrogens is 182 g/mol. The van der Waals surface area contributed by atoms with E-state index in [-0.39, 0.29) is 11.5 Å². The Hall–Kier alpha value is -1.11. The van der Waals surface area contributed by atoms with Crippen LogP contribution in [0.3, 0.4) is 0 Å². The van der Waals surface area contributed by atoms with Crippen LogP contribution in [0.1, 0.15) is 6.42 Å². The predicted octanol–water partition coefficient (Wildman–Crippen LogP) is -1.17. The van der Waals surface area contributed by atoms with Gasteiger partial charge in [-0.1, -0.05) is 0 Å². The first kappa shape index (κ1) is 8.98. The number of carbonyl (C=O) groups is 1. The molecule has 0 atom stereocenters. The number of nitrogens with one attached hydrogen (secondary N) is 1. The molecule has 0 aromatic heterocycles. The lowest BCUT2D eigenvalue weighted by Gasteiger charge is -1.93. The molecule has 0 aliphatic carbocycles. The molecule has 12 heavy (non-hydrogen) atoms. The van der Waals surface area contributed by atoms with Gasteiger partial charge in [0.25, 0.3) is 0 Å². The van der Waals surface area contributed by atoms with Crippen LogP contribution in [0, 0.1) is 0 Å². The second kappa shape index (κ2) is 3.10. The van der Waals surface area contributed by atoms with Gasteiger partial charge in [-0.2, -0.15) is 5.10 Å². The molecular formula is C5H9N3O3S. The van der Waals surface area contributed by atoms with Crippen molar-refractivity contribution in [3.05, 3.63) is 0 Å². The molecule has 0 aromatic carbocycles. The summed E-state index contributed by atoms with van der Waals surface area (Å²) in [7, 11) is -2.97. The molecule has 0 aromatic rings. The zero-order chi connectivity index (χ0) is 9.19. The van der Waals surface area contributed by atoms with Crippen molar-refractivity contribution in [3.63, 3.8) is 0 Å². The minimum absolute atomic E-state index is 0.0761. The van der Waals surface area contributed by atoms with Gasteiger partial charge in [-0.15, -0.1) is 0 Å². The third kappa shape index (κ3) is 2.50. The maximum Gasteiger partial charge on any atom is 0.332 e. The summed E-state index contributed by atoms with van der Waals surface area (Å²) in [5.74, 6) is 0.0273. The first-order valence-corrected chi connectivity index (χ1v) is 5.13. The van der Waals surface area contributed by atoms with Crippen LogP contribution in [0.2, 0.25) is 0 Å². The lowest BCUT2D eigenvalue weighted by molar-refractivity contribution is 0.249. The molecule has 7 heteroatoms. The molecule has 1 aliphatic rings. The molecule has 1 rings (SSSR count). The Morgan fingerprint density at radius 1 is 1.58 bits per heavy atom. The average molecular weight is 191 g/mol. The fourth-order valence-electron chi connectivity index (χ4n) is 0.894. The molecule has 1 heterocycles. The molecule has 2 amide bonds. The van der Waals surface area contributed by atoms with Gasteiger partial charge in [0.05, 0.1) is 17.2 Å². The molecule has 3 N–H and O–H groups in total. The third-order valence-corrected chi connectivity index (χ3v) is 3.01. The van der Waals surface area contributed by atoms with Crippen LogP contribution >= 0.6 is 0 Å². The van der Waals surface area contributed by atoms with Crippen LogP contribution in [0.25, 0.3) is 0 Å². The first-order chi connectivity index (χ1) is 5.49. The Labute approximate surface area is 69.7 Å². The second-order valence-electron chi connectivity index (χ2n) is 2.50. The summed E-state index contributed by atoms with van der Waals surface area (Å²) >= 11 is 0. The summed E-state index contributed by atoms with van der Waals surface area (Å²) < 4.78 is 21.7. The molecule has 0 spiro atoms. The van der Waals surface area contributed by atoms with Crippen molar-refractivity contribution in [3.8, 4) is 0 Å². The number of primary amides is 1. The third-order valence-electron chi connectivity index (χ3n) is 1.41. The van der Waals surface area contributed by atoms with E-state index in [4.69, 9.17) is 5.73 Å². The van der Waals surface area contributed by atoms with Crippen molar-refractivity contribution in [2.24, 2.45) is 10.8 Å². The zero-order valence-corrected chi connectivity index (χ0v) is 7.10. The van der Waals surface area contributed by atoms with Crippen molar-refractivity contribution >= 4 is 21.6 Å². The number of sulfone groups is 1. The number of nitrogens with zero attached hydrogens (tertiary/aromatic N) is 1. The highest BCUT2D eigenvalue weighted by Gasteiger charge is 2.23. The number of hydrazone groups is 1. The standard InChI is InChI=1S/C5H9N3O3S/c6-5(9)8-7-4-1-2-12(10,11)3-4/h1-3H2,(H3,6,8,9)/b7-4-. The van der Waals surface area contributed by atoms with Gasteiger partial charge >= 0.3 is 6.03 Å². The van der Waals surface area contributed by atoms with Gasteiger partial charge < -0.3 is 5.73 Å². The number of rotatable bonds is 1. The van der Waals surface area contributed by atoms with Crippen LogP contribution in [-0.4, -0.2) is 31.7 Å². The molecule has 6 nitrogen and oxygen atoms in total. The summed E-state index contributed by atoms with van der Waals surface area (Å²) in [6.45, 7) is 0. The van der Waals surface area contributed by atoms with Crippen LogP contribution in [0.4, 0.5) is 4.79 Å². The zero-order valence-electron chi connectivity index (χ0n) is 6.28. The van der Waals surface area contributed by atoms with E-state index in [1.807, 2.05) is 5.43 Å². The Balaban J connectivity index is 2.58. The number of hydrogen-bond donors (Lipinski definition) is 2. The largest absolute Gasteiger partial charge is 0.350 e. The van der Waals surface area contributed by atoms with E-state index in [0.29, 0.717) is 12.1 Å². The highest BCUT2D eigenvalue weighted by Crippen LogP contribution is 2.07. The number of urea groups is 1. The van der Waals surface area contributed by atoms with E-state index in [0.717, 1.165) is 0 Å². The molecule has 0 radical (unpaired) electrons. The number of carbonyl (C=O) groups excluding carboxylic acids is 1. The van der Waals surface area contributed by atoms with Gasteiger partial charge in [0, 0.05) is 6.42 Å². The minimum Gasteiger partial charge on any atom is -0.350 e. The van der Waals surface area contributed by atoms with Crippen LogP contribution in [-0.2, 0) is 9.84 Å². The Bertz CT molecular complexity index is 319.